The zero-order chi connectivity index (χ0) is 13.9. The summed E-state index contributed by atoms with van der Waals surface area (Å²) in [6.07, 6.45) is 0.836. The summed E-state index contributed by atoms with van der Waals surface area (Å²) in [5.41, 5.74) is 9.60. The minimum Gasteiger partial charge on any atom is -0.373 e. The number of nitrogens with zero attached hydrogens (tertiary/aromatic N) is 2. The molecule has 1 aromatic carbocycles. The normalized spacial score (nSPS) is 10.9. The van der Waals surface area contributed by atoms with Crippen molar-refractivity contribution in [1.29, 1.82) is 0 Å². The summed E-state index contributed by atoms with van der Waals surface area (Å²) in [5, 5.41) is 3.02. The van der Waals surface area contributed by atoms with Gasteiger partial charge in [-0.05, 0) is 30.7 Å². The number of aromatic amines is 1. The number of imidazole rings is 1. The highest BCUT2D eigenvalue weighted by molar-refractivity contribution is 5.78. The van der Waals surface area contributed by atoms with E-state index in [2.05, 4.69) is 32.4 Å². The molecule has 102 valence electrons. The third-order valence-electron chi connectivity index (χ3n) is 3.29. The Morgan fingerprint density at radius 3 is 2.80 bits per heavy atom. The average molecular weight is 267 g/mol. The lowest BCUT2D eigenvalue weighted by Gasteiger charge is -2.05. The van der Waals surface area contributed by atoms with Crippen molar-refractivity contribution in [2.45, 2.75) is 6.42 Å². The molecule has 20 heavy (non-hydrogen) atoms. The lowest BCUT2D eigenvalue weighted by atomic mass is 10.0. The van der Waals surface area contributed by atoms with Gasteiger partial charge in [-0.1, -0.05) is 24.3 Å². The van der Waals surface area contributed by atoms with Crippen LogP contribution >= 0.6 is 0 Å². The molecule has 0 saturated carbocycles. The monoisotopic (exact) mass is 267 g/mol. The molecular weight excluding hydrogens is 250 g/mol. The first-order valence-corrected chi connectivity index (χ1v) is 6.64. The predicted octanol–water partition coefficient (Wildman–Crippen LogP) is 2.17. The average Bonchev–Trinajstić information content (AvgIpc) is 2.90. The number of benzene rings is 1. The van der Waals surface area contributed by atoms with Crippen molar-refractivity contribution in [3.8, 4) is 11.4 Å². The van der Waals surface area contributed by atoms with Crippen molar-refractivity contribution < 1.29 is 0 Å². The van der Waals surface area contributed by atoms with Crippen LogP contribution in [0.5, 0.6) is 0 Å². The molecule has 0 unspecified atom stereocenters. The molecule has 0 aliphatic carbocycles. The van der Waals surface area contributed by atoms with Gasteiger partial charge in [0.1, 0.15) is 11.6 Å². The molecule has 0 fully saturated rings. The van der Waals surface area contributed by atoms with E-state index in [1.807, 2.05) is 31.3 Å². The summed E-state index contributed by atoms with van der Waals surface area (Å²) in [6, 6.07) is 12.1. The van der Waals surface area contributed by atoms with Gasteiger partial charge in [-0.25, -0.2) is 9.97 Å². The summed E-state index contributed by atoms with van der Waals surface area (Å²) < 4.78 is 0. The number of rotatable bonds is 4. The van der Waals surface area contributed by atoms with Crippen LogP contribution in [-0.2, 0) is 6.42 Å². The Morgan fingerprint density at radius 2 is 2.00 bits per heavy atom. The maximum absolute atomic E-state index is 5.67. The fourth-order valence-electron chi connectivity index (χ4n) is 2.28. The number of fused-ring (bicyclic) bond motifs is 1. The molecule has 0 aliphatic rings. The maximum atomic E-state index is 5.67. The molecule has 0 spiro atoms. The van der Waals surface area contributed by atoms with Crippen LogP contribution < -0.4 is 11.1 Å². The SMILES string of the molecule is CNc1ccc2[nH]c(-c3ccccc3CCN)nc2n1. The number of hydrogen-bond donors (Lipinski definition) is 3. The minimum atomic E-state index is 0.624. The Morgan fingerprint density at radius 1 is 1.15 bits per heavy atom. The molecule has 0 saturated heterocycles. The van der Waals surface area contributed by atoms with Crippen molar-refractivity contribution in [2.75, 3.05) is 18.9 Å². The summed E-state index contributed by atoms with van der Waals surface area (Å²) in [5.74, 6) is 1.65. The number of nitrogens with one attached hydrogen (secondary N) is 2. The van der Waals surface area contributed by atoms with Gasteiger partial charge in [-0.3, -0.25) is 0 Å². The number of nitrogens with two attached hydrogens (primary N) is 1. The van der Waals surface area contributed by atoms with Crippen molar-refractivity contribution >= 4 is 17.0 Å². The van der Waals surface area contributed by atoms with Crippen LogP contribution in [0, 0.1) is 0 Å². The molecule has 2 aromatic heterocycles. The second kappa shape index (κ2) is 5.30. The van der Waals surface area contributed by atoms with Crippen LogP contribution in [0.3, 0.4) is 0 Å². The molecule has 5 nitrogen and oxygen atoms in total. The van der Waals surface area contributed by atoms with E-state index in [0.29, 0.717) is 6.54 Å². The standard InChI is InChI=1S/C15H17N5/c1-17-13-7-6-12-15(19-13)20-14(18-12)11-5-3-2-4-10(11)8-9-16/h2-7H,8-9,16H2,1H3,(H2,17,18,19,20). The second-order valence-electron chi connectivity index (χ2n) is 4.60. The molecule has 4 N–H and O–H groups in total. The molecule has 3 rings (SSSR count). The maximum Gasteiger partial charge on any atom is 0.180 e. The van der Waals surface area contributed by atoms with Crippen LogP contribution in [0.2, 0.25) is 0 Å². The summed E-state index contributed by atoms with van der Waals surface area (Å²) in [4.78, 5) is 12.3. The van der Waals surface area contributed by atoms with Crippen LogP contribution in [-0.4, -0.2) is 28.5 Å². The molecule has 2 heterocycles. The fraction of sp³-hybridized carbons (Fsp3) is 0.200. The van der Waals surface area contributed by atoms with Crippen molar-refractivity contribution in [2.24, 2.45) is 5.73 Å². The van der Waals surface area contributed by atoms with Gasteiger partial charge >= 0.3 is 0 Å². The Hall–Kier alpha value is -2.40. The number of pyridine rings is 1. The van der Waals surface area contributed by atoms with E-state index >= 15 is 0 Å². The second-order valence-corrected chi connectivity index (χ2v) is 4.60. The number of hydrogen-bond acceptors (Lipinski definition) is 4. The number of H-pyrrole nitrogens is 1. The van der Waals surface area contributed by atoms with Gasteiger partial charge in [0.25, 0.3) is 0 Å². The van der Waals surface area contributed by atoms with Crippen molar-refractivity contribution in [1.82, 2.24) is 15.0 Å². The van der Waals surface area contributed by atoms with Gasteiger partial charge < -0.3 is 16.0 Å². The highest BCUT2D eigenvalue weighted by atomic mass is 15.0. The van der Waals surface area contributed by atoms with E-state index in [9.17, 15) is 0 Å². The first-order chi connectivity index (χ1) is 9.81. The Balaban J connectivity index is 2.10. The highest BCUT2D eigenvalue weighted by Crippen LogP contribution is 2.24. The van der Waals surface area contributed by atoms with E-state index in [1.165, 1.54) is 5.56 Å². The number of anilines is 1. The molecule has 3 aromatic rings. The lowest BCUT2D eigenvalue weighted by Crippen LogP contribution is -2.04. The highest BCUT2D eigenvalue weighted by Gasteiger charge is 2.10. The van der Waals surface area contributed by atoms with Gasteiger partial charge in [0, 0.05) is 12.6 Å². The first-order valence-electron chi connectivity index (χ1n) is 6.64. The summed E-state index contributed by atoms with van der Waals surface area (Å²) in [7, 11) is 1.85. The molecule has 0 aliphatic heterocycles. The van der Waals surface area contributed by atoms with Crippen LogP contribution in [0.15, 0.2) is 36.4 Å². The Bertz CT molecular complexity index is 732. The largest absolute Gasteiger partial charge is 0.373 e. The topological polar surface area (TPSA) is 79.6 Å². The van der Waals surface area contributed by atoms with Gasteiger partial charge in [-0.15, -0.1) is 0 Å². The predicted molar refractivity (Wildman–Crippen MR) is 81.6 cm³/mol. The Kier molecular flexibility index (Phi) is 3.35. The number of aromatic nitrogens is 3. The van der Waals surface area contributed by atoms with E-state index in [0.717, 1.165) is 34.8 Å². The Labute approximate surface area is 117 Å². The third-order valence-corrected chi connectivity index (χ3v) is 3.29. The molecular formula is C15H17N5. The smallest absolute Gasteiger partial charge is 0.180 e. The van der Waals surface area contributed by atoms with Crippen LogP contribution in [0.25, 0.3) is 22.6 Å². The zero-order valence-corrected chi connectivity index (χ0v) is 11.4. The zero-order valence-electron chi connectivity index (χ0n) is 11.4. The quantitative estimate of drug-likeness (QED) is 0.677. The van der Waals surface area contributed by atoms with Gasteiger partial charge in [0.2, 0.25) is 0 Å². The molecule has 5 heteroatoms. The van der Waals surface area contributed by atoms with Gasteiger partial charge in [0.15, 0.2) is 5.65 Å². The van der Waals surface area contributed by atoms with E-state index in [-0.39, 0.29) is 0 Å². The summed E-state index contributed by atoms with van der Waals surface area (Å²) >= 11 is 0. The third kappa shape index (κ3) is 2.23. The van der Waals surface area contributed by atoms with Crippen molar-refractivity contribution in [3.63, 3.8) is 0 Å². The molecule has 0 amide bonds. The van der Waals surface area contributed by atoms with Gasteiger partial charge in [0.05, 0.1) is 5.52 Å². The summed E-state index contributed by atoms with van der Waals surface area (Å²) in [6.45, 7) is 0.624. The minimum absolute atomic E-state index is 0.624. The molecule has 0 atom stereocenters. The van der Waals surface area contributed by atoms with E-state index < -0.39 is 0 Å². The lowest BCUT2D eigenvalue weighted by molar-refractivity contribution is 0.968. The molecule has 0 bridgehead atoms. The van der Waals surface area contributed by atoms with Crippen LogP contribution in [0.4, 0.5) is 5.82 Å². The molecule has 0 radical (unpaired) electrons. The van der Waals surface area contributed by atoms with Gasteiger partial charge in [-0.2, -0.15) is 0 Å². The first kappa shape index (κ1) is 12.6. The van der Waals surface area contributed by atoms with E-state index in [1.54, 1.807) is 0 Å². The van der Waals surface area contributed by atoms with Crippen molar-refractivity contribution in [3.05, 3.63) is 42.0 Å². The fourth-order valence-corrected chi connectivity index (χ4v) is 2.28. The van der Waals surface area contributed by atoms with E-state index in [4.69, 9.17) is 5.73 Å². The van der Waals surface area contributed by atoms with Crippen LogP contribution in [0.1, 0.15) is 5.56 Å².